The molecule has 2 aromatic rings. The molecule has 0 atom stereocenters. The summed E-state index contributed by atoms with van der Waals surface area (Å²) in [6.07, 6.45) is -0.630. The van der Waals surface area contributed by atoms with E-state index in [9.17, 15) is 19.2 Å². The molecular weight excluding hydrogens is 256 g/mol. The first-order valence-electron chi connectivity index (χ1n) is 4.79. The standard InChI is InChI=1S/C9H4O3.C2H6N2O2.H2O/c10-7-5-3-1-2-4-6(5)8(11)9(7)12;1-6-2(5)4-3;/h1-4H;3H2,1H3,(H,4,5);1H2. The van der Waals surface area contributed by atoms with E-state index in [1.807, 2.05) is 0 Å². The van der Waals surface area contributed by atoms with Crippen LogP contribution in [0.4, 0.5) is 4.79 Å². The van der Waals surface area contributed by atoms with Crippen LogP contribution in [0.25, 0.3) is 10.8 Å². The lowest BCUT2D eigenvalue weighted by Gasteiger charge is -1.90. The summed E-state index contributed by atoms with van der Waals surface area (Å²) in [5.41, 5.74) is -0.536. The predicted molar refractivity (Wildman–Crippen MR) is 68.5 cm³/mol. The molecule has 0 aliphatic carbocycles. The van der Waals surface area contributed by atoms with Crippen molar-refractivity contribution in [1.29, 1.82) is 0 Å². The maximum Gasteiger partial charge on any atom is 0.421 e. The Bertz CT molecular complexity index is 646. The lowest BCUT2D eigenvalue weighted by atomic mass is 10.2. The van der Waals surface area contributed by atoms with E-state index in [0.29, 0.717) is 0 Å². The summed E-state index contributed by atoms with van der Waals surface area (Å²) in [5.74, 6) is 4.56. The number of carbonyl (C=O) groups excluding carboxylic acids is 1. The molecule has 0 heterocycles. The quantitative estimate of drug-likeness (QED) is 0.249. The van der Waals surface area contributed by atoms with Crippen molar-refractivity contribution >= 4 is 16.9 Å². The van der Waals surface area contributed by atoms with E-state index in [2.05, 4.69) is 10.6 Å². The fourth-order valence-corrected chi connectivity index (χ4v) is 1.29. The highest BCUT2D eigenvalue weighted by Crippen LogP contribution is 2.01. The average molecular weight is 268 g/mol. The highest BCUT2D eigenvalue weighted by atomic mass is 16.5. The fraction of sp³-hybridized carbons (Fsp3) is 0.0909. The van der Waals surface area contributed by atoms with E-state index in [0.717, 1.165) is 0 Å². The minimum Gasteiger partial charge on any atom is -0.452 e. The van der Waals surface area contributed by atoms with E-state index in [1.54, 1.807) is 17.6 Å². The van der Waals surface area contributed by atoms with Crippen LogP contribution in [0, 0.1) is 0 Å². The van der Waals surface area contributed by atoms with E-state index < -0.39 is 22.4 Å². The van der Waals surface area contributed by atoms with Crippen LogP contribution in [0.15, 0.2) is 38.6 Å². The second kappa shape index (κ2) is 6.99. The highest BCUT2D eigenvalue weighted by molar-refractivity contribution is 5.83. The van der Waals surface area contributed by atoms with E-state index >= 15 is 0 Å². The molecule has 5 N–H and O–H groups in total. The first-order chi connectivity index (χ1) is 8.52. The summed E-state index contributed by atoms with van der Waals surface area (Å²) < 4.78 is 4.02. The minimum absolute atomic E-state index is 0. The third-order valence-electron chi connectivity index (χ3n) is 2.13. The molecule has 0 bridgehead atoms. The molecule has 0 aliphatic rings. The molecule has 0 aliphatic heterocycles. The van der Waals surface area contributed by atoms with Gasteiger partial charge in [0.05, 0.1) is 7.11 Å². The zero-order valence-corrected chi connectivity index (χ0v) is 9.93. The molecule has 0 saturated carbocycles. The largest absolute Gasteiger partial charge is 0.452 e. The molecule has 0 saturated heterocycles. The zero-order chi connectivity index (χ0) is 13.7. The summed E-state index contributed by atoms with van der Waals surface area (Å²) in [6.45, 7) is 0. The van der Waals surface area contributed by atoms with Gasteiger partial charge in [-0.05, 0) is 0 Å². The van der Waals surface area contributed by atoms with Gasteiger partial charge < -0.3 is 10.2 Å². The van der Waals surface area contributed by atoms with Crippen molar-refractivity contribution in [3.63, 3.8) is 0 Å². The fourth-order valence-electron chi connectivity index (χ4n) is 1.29. The molecule has 19 heavy (non-hydrogen) atoms. The number of hydrazine groups is 1. The Kier molecular flexibility index (Phi) is 6.04. The predicted octanol–water partition coefficient (Wildman–Crippen LogP) is -1.81. The number of nitrogens with two attached hydrogens (primary N) is 1. The number of hydrogen-bond donors (Lipinski definition) is 2. The lowest BCUT2D eigenvalue weighted by Crippen LogP contribution is -2.29. The molecule has 8 nitrogen and oxygen atoms in total. The second-order valence-electron chi connectivity index (χ2n) is 3.17. The molecule has 2 aromatic carbocycles. The maximum absolute atomic E-state index is 11.0. The topological polar surface area (TPSA) is 147 Å². The van der Waals surface area contributed by atoms with Gasteiger partial charge in [-0.15, -0.1) is 0 Å². The van der Waals surface area contributed by atoms with Crippen molar-refractivity contribution in [3.05, 3.63) is 54.9 Å². The van der Waals surface area contributed by atoms with Crippen molar-refractivity contribution in [2.24, 2.45) is 5.84 Å². The number of nitrogens with one attached hydrogen (secondary N) is 1. The van der Waals surface area contributed by atoms with Gasteiger partial charge >= 0.3 is 6.09 Å². The van der Waals surface area contributed by atoms with Gasteiger partial charge in [-0.25, -0.2) is 10.6 Å². The van der Waals surface area contributed by atoms with Crippen LogP contribution in [0.3, 0.4) is 0 Å². The van der Waals surface area contributed by atoms with E-state index in [-0.39, 0.29) is 16.2 Å². The normalized spacial score (nSPS) is 8.95. The summed E-state index contributed by atoms with van der Waals surface area (Å²) in [6, 6.07) is 6.23. The lowest BCUT2D eigenvalue weighted by molar-refractivity contribution is 0.171. The second-order valence-corrected chi connectivity index (χ2v) is 3.17. The van der Waals surface area contributed by atoms with Gasteiger partial charge in [-0.2, -0.15) is 0 Å². The molecule has 0 unspecified atom stereocenters. The van der Waals surface area contributed by atoms with Gasteiger partial charge in [0.15, 0.2) is 0 Å². The van der Waals surface area contributed by atoms with Crippen LogP contribution >= 0.6 is 0 Å². The number of benzene rings is 1. The number of carbonyl (C=O) groups is 1. The van der Waals surface area contributed by atoms with Gasteiger partial charge in [0, 0.05) is 10.8 Å². The van der Waals surface area contributed by atoms with Crippen LogP contribution in [0.5, 0.6) is 0 Å². The monoisotopic (exact) mass is 268 g/mol. The van der Waals surface area contributed by atoms with Crippen LogP contribution in [-0.4, -0.2) is 18.7 Å². The first-order valence-corrected chi connectivity index (χ1v) is 4.79. The molecule has 0 radical (unpaired) electrons. The summed E-state index contributed by atoms with van der Waals surface area (Å²) in [5, 5.41) is 0.458. The number of ether oxygens (including phenoxy) is 1. The van der Waals surface area contributed by atoms with Gasteiger partial charge in [0.25, 0.3) is 5.43 Å². The van der Waals surface area contributed by atoms with Crippen molar-refractivity contribution < 1.29 is 15.0 Å². The maximum atomic E-state index is 11.0. The molecule has 2 rings (SSSR count). The van der Waals surface area contributed by atoms with Crippen molar-refractivity contribution in [1.82, 2.24) is 5.43 Å². The van der Waals surface area contributed by atoms with Gasteiger partial charge in [0.2, 0.25) is 10.9 Å². The molecule has 8 heteroatoms. The van der Waals surface area contributed by atoms with Crippen LogP contribution in [-0.2, 0) is 4.74 Å². The Morgan fingerprint density at radius 1 is 1.05 bits per heavy atom. The highest BCUT2D eigenvalue weighted by Gasteiger charge is 2.09. The third kappa shape index (κ3) is 3.44. The SMILES string of the molecule is COC(=O)NN.O.O=c1c(=O)c2ccccc2c1=O. The zero-order valence-electron chi connectivity index (χ0n) is 9.93. The third-order valence-corrected chi connectivity index (χ3v) is 2.13. The summed E-state index contributed by atoms with van der Waals surface area (Å²) >= 11 is 0. The Hall–Kier alpha value is -2.58. The van der Waals surface area contributed by atoms with Gasteiger partial charge in [0.1, 0.15) is 0 Å². The number of amides is 1. The van der Waals surface area contributed by atoms with Crippen molar-refractivity contribution in [2.45, 2.75) is 0 Å². The summed E-state index contributed by atoms with van der Waals surface area (Å²) in [7, 11) is 1.24. The first kappa shape index (κ1) is 16.4. The Morgan fingerprint density at radius 3 is 1.74 bits per heavy atom. The average Bonchev–Trinajstić information content (AvgIpc) is 2.64. The smallest absolute Gasteiger partial charge is 0.421 e. The van der Waals surface area contributed by atoms with E-state index in [4.69, 9.17) is 0 Å². The number of rotatable bonds is 0. The Balaban J connectivity index is 0.000000404. The van der Waals surface area contributed by atoms with E-state index in [1.165, 1.54) is 19.2 Å². The minimum atomic E-state index is -0.920. The molecule has 102 valence electrons. The van der Waals surface area contributed by atoms with Gasteiger partial charge in [-0.3, -0.25) is 19.8 Å². The molecular formula is C11H12N2O6. The molecule has 0 spiro atoms. The van der Waals surface area contributed by atoms with Crippen molar-refractivity contribution in [2.75, 3.05) is 7.11 Å². The molecule has 1 amide bonds. The number of methoxy groups -OCH3 is 1. The molecule has 0 fully saturated rings. The summed E-state index contributed by atoms with van der Waals surface area (Å²) in [4.78, 5) is 42.7. The van der Waals surface area contributed by atoms with Crippen LogP contribution in [0.2, 0.25) is 0 Å². The Morgan fingerprint density at radius 2 is 1.47 bits per heavy atom. The number of fused-ring (bicyclic) bond motifs is 1. The molecule has 0 aromatic heterocycles. The van der Waals surface area contributed by atoms with Gasteiger partial charge in [-0.1, -0.05) is 24.3 Å². The van der Waals surface area contributed by atoms with Crippen molar-refractivity contribution in [3.8, 4) is 0 Å². The Labute approximate surface area is 106 Å². The van der Waals surface area contributed by atoms with Crippen LogP contribution in [0.1, 0.15) is 0 Å². The van der Waals surface area contributed by atoms with Crippen LogP contribution < -0.4 is 27.6 Å². The number of hydrogen-bond acceptors (Lipinski definition) is 6.